The van der Waals surface area contributed by atoms with Crippen LogP contribution in [0.1, 0.15) is 82.1 Å². The number of fused-ring (bicyclic) bond motifs is 2. The number of benzene rings is 5. The van der Waals surface area contributed by atoms with Crippen molar-refractivity contribution in [3.8, 4) is 11.1 Å². The van der Waals surface area contributed by atoms with Crippen LogP contribution in [0, 0.1) is 5.92 Å². The lowest BCUT2D eigenvalue weighted by atomic mass is 9.95. The Morgan fingerprint density at radius 2 is 1.08 bits per heavy atom. The third kappa shape index (κ3) is 13.2. The van der Waals surface area contributed by atoms with Gasteiger partial charge in [-0.25, -0.2) is 19.2 Å². The van der Waals surface area contributed by atoms with Crippen molar-refractivity contribution in [3.05, 3.63) is 161 Å². The first-order chi connectivity index (χ1) is 36.8. The molecule has 0 bridgehead atoms. The van der Waals surface area contributed by atoms with Crippen molar-refractivity contribution in [2.75, 3.05) is 46.8 Å². The molecule has 402 valence electrons. The minimum absolute atomic E-state index is 0.0156. The van der Waals surface area contributed by atoms with Gasteiger partial charge in [-0.2, -0.15) is 0 Å². The van der Waals surface area contributed by atoms with Gasteiger partial charge in [0, 0.05) is 64.5 Å². The minimum Gasteiger partial charge on any atom is -0.480 e. The Morgan fingerprint density at radius 3 is 1.58 bits per heavy atom. The van der Waals surface area contributed by atoms with E-state index in [9.17, 15) is 48.6 Å². The number of hydrogen-bond donors (Lipinski definition) is 6. The van der Waals surface area contributed by atoms with Crippen molar-refractivity contribution in [3.63, 3.8) is 0 Å². The van der Waals surface area contributed by atoms with Crippen LogP contribution in [0.5, 0.6) is 0 Å². The summed E-state index contributed by atoms with van der Waals surface area (Å²) in [7, 11) is 3.09. The van der Waals surface area contributed by atoms with Crippen molar-refractivity contribution in [2.45, 2.75) is 57.4 Å². The minimum atomic E-state index is -1.55. The Hall–Kier alpha value is -7.38. The number of carboxylic acid groups (broad SMARTS) is 2. The van der Waals surface area contributed by atoms with Crippen LogP contribution in [0.25, 0.3) is 11.1 Å². The number of hydrogen-bond acceptors (Lipinski definition) is 8. The zero-order valence-corrected chi connectivity index (χ0v) is 44.9. The molecule has 0 spiro atoms. The summed E-state index contributed by atoms with van der Waals surface area (Å²) in [5.74, 6) is -4.65. The standard InChI is InChI=1S/C55H54Cl4N8O10/c1-64(26-30-7-4-3-5-8-30)54(76)60-24-42(52(72)73)62-48(68)45-41(57)23-39-37(47(45)59)18-20-67(51(39)71)29-32-13-15-34(16-14-32)35-10-6-9-33(21-35)27-65(2)55(77)61-25-43(53(74)75)63-49(69)44-40(56)22-38-36(46(44)58)17-19-66(50(38)70)28-31-11-12-31/h3-10,13-16,21-23,31,42-43H,11-12,17-20,24-29H2,1-2H3,(H,60,76)(H,61,77)(H,62,68)(H,63,69)(H,72,73)(H,74,75)/t42-,43-/m0/s1. The molecule has 1 fully saturated rings. The maximum atomic E-state index is 13.8. The van der Waals surface area contributed by atoms with E-state index in [1.165, 1.54) is 21.9 Å². The van der Waals surface area contributed by atoms with Crippen molar-refractivity contribution < 1.29 is 48.6 Å². The van der Waals surface area contributed by atoms with Gasteiger partial charge < -0.3 is 51.1 Å². The van der Waals surface area contributed by atoms with Crippen LogP contribution in [-0.2, 0) is 42.1 Å². The molecule has 1 saturated carbocycles. The highest BCUT2D eigenvalue weighted by Gasteiger charge is 2.36. The van der Waals surface area contributed by atoms with Gasteiger partial charge in [0.2, 0.25) is 0 Å². The van der Waals surface area contributed by atoms with Crippen LogP contribution < -0.4 is 21.3 Å². The number of carbonyl (C=O) groups is 8. The number of amides is 8. The van der Waals surface area contributed by atoms with E-state index in [0.717, 1.165) is 40.7 Å². The predicted molar refractivity (Wildman–Crippen MR) is 290 cm³/mol. The summed E-state index contributed by atoms with van der Waals surface area (Å²) in [5, 5.41) is 29.4. The van der Waals surface area contributed by atoms with Crippen molar-refractivity contribution in [1.82, 2.24) is 40.9 Å². The highest BCUT2D eigenvalue weighted by molar-refractivity contribution is 6.42. The van der Waals surface area contributed by atoms with Gasteiger partial charge in [0.25, 0.3) is 23.6 Å². The predicted octanol–water partition coefficient (Wildman–Crippen LogP) is 7.62. The van der Waals surface area contributed by atoms with E-state index in [1.807, 2.05) is 78.9 Å². The average molecular weight is 1130 g/mol. The average Bonchev–Trinajstić information content (AvgIpc) is 4.27. The fourth-order valence-electron chi connectivity index (χ4n) is 9.24. The summed E-state index contributed by atoms with van der Waals surface area (Å²) in [5.41, 5.74) is 5.20. The third-order valence-electron chi connectivity index (χ3n) is 13.7. The number of carboxylic acids is 2. The quantitative estimate of drug-likeness (QED) is 0.0473. The van der Waals surface area contributed by atoms with Crippen LogP contribution in [0.3, 0.4) is 0 Å². The van der Waals surface area contributed by atoms with E-state index in [1.54, 1.807) is 23.9 Å². The smallest absolute Gasteiger partial charge is 0.328 e. The Labute approximate surface area is 463 Å². The first kappa shape index (κ1) is 55.8. The van der Waals surface area contributed by atoms with Crippen LogP contribution in [-0.4, -0.2) is 136 Å². The molecule has 2 atom stereocenters. The Morgan fingerprint density at radius 1 is 0.597 bits per heavy atom. The summed E-state index contributed by atoms with van der Waals surface area (Å²) in [6.07, 6.45) is 2.85. The lowest BCUT2D eigenvalue weighted by Gasteiger charge is -2.30. The summed E-state index contributed by atoms with van der Waals surface area (Å²) in [4.78, 5) is 110. The molecule has 2 heterocycles. The zero-order valence-electron chi connectivity index (χ0n) is 41.8. The summed E-state index contributed by atoms with van der Waals surface area (Å²) in [6, 6.07) is 22.8. The molecular formula is C55H54Cl4N8O10. The SMILES string of the molecule is CN(Cc1ccccc1)C(=O)NC[C@H](NC(=O)c1c(Cl)cc2c(c1Cl)CCN(Cc1ccc(-c3cccc(CN(C)C(=O)NC[C@H](NC(=O)c4c(Cl)cc5c(c4Cl)CCN(CC4CC4)C5=O)C(=O)O)c3)cc1)C2=O)C(=O)O. The largest absolute Gasteiger partial charge is 0.480 e. The van der Waals surface area contributed by atoms with Gasteiger partial charge in [-0.05, 0) is 88.7 Å². The van der Waals surface area contributed by atoms with Gasteiger partial charge in [-0.15, -0.1) is 0 Å². The van der Waals surface area contributed by atoms with E-state index >= 15 is 0 Å². The van der Waals surface area contributed by atoms with Gasteiger partial charge >= 0.3 is 24.0 Å². The van der Waals surface area contributed by atoms with E-state index in [-0.39, 0.29) is 81.2 Å². The van der Waals surface area contributed by atoms with Crippen LogP contribution in [0.4, 0.5) is 9.59 Å². The first-order valence-electron chi connectivity index (χ1n) is 24.7. The number of rotatable bonds is 19. The number of urea groups is 2. The number of nitrogens with one attached hydrogen (secondary N) is 4. The lowest BCUT2D eigenvalue weighted by molar-refractivity contribution is -0.140. The highest BCUT2D eigenvalue weighted by atomic mass is 35.5. The molecule has 77 heavy (non-hydrogen) atoms. The molecule has 8 amide bonds. The Kier molecular flexibility index (Phi) is 17.6. The van der Waals surface area contributed by atoms with E-state index in [4.69, 9.17) is 46.4 Å². The molecule has 0 radical (unpaired) electrons. The molecule has 22 heteroatoms. The van der Waals surface area contributed by atoms with Gasteiger partial charge in [0.1, 0.15) is 12.1 Å². The van der Waals surface area contributed by atoms with Crippen molar-refractivity contribution in [1.29, 1.82) is 0 Å². The summed E-state index contributed by atoms with van der Waals surface area (Å²) < 4.78 is 0. The van der Waals surface area contributed by atoms with Crippen LogP contribution >= 0.6 is 46.4 Å². The molecule has 0 aromatic heterocycles. The van der Waals surface area contributed by atoms with Crippen molar-refractivity contribution in [2.24, 2.45) is 5.92 Å². The van der Waals surface area contributed by atoms with Crippen LogP contribution in [0.15, 0.2) is 91.0 Å². The Bertz CT molecular complexity index is 3160. The molecule has 6 N–H and O–H groups in total. The molecule has 2 aliphatic heterocycles. The normalized spacial score (nSPS) is 14.6. The maximum Gasteiger partial charge on any atom is 0.328 e. The second kappa shape index (κ2) is 24.3. The second-order valence-electron chi connectivity index (χ2n) is 19.3. The molecule has 8 rings (SSSR count). The van der Waals surface area contributed by atoms with E-state index < -0.39 is 61.0 Å². The molecule has 1 aliphatic carbocycles. The van der Waals surface area contributed by atoms with Crippen LogP contribution in [0.2, 0.25) is 20.1 Å². The second-order valence-corrected chi connectivity index (χ2v) is 20.8. The molecule has 5 aromatic rings. The molecule has 18 nitrogen and oxygen atoms in total. The molecule has 5 aromatic carbocycles. The van der Waals surface area contributed by atoms with Gasteiger partial charge in [0.15, 0.2) is 0 Å². The molecular weight excluding hydrogens is 1070 g/mol. The summed E-state index contributed by atoms with van der Waals surface area (Å²) >= 11 is 26.4. The third-order valence-corrected chi connectivity index (χ3v) is 15.1. The monoisotopic (exact) mass is 1130 g/mol. The van der Waals surface area contributed by atoms with Crippen molar-refractivity contribution >= 4 is 94.0 Å². The zero-order chi connectivity index (χ0) is 55.2. The highest BCUT2D eigenvalue weighted by Crippen LogP contribution is 2.38. The Balaban J connectivity index is 0.829. The number of carbonyl (C=O) groups excluding carboxylic acids is 6. The topological polar surface area (TPSA) is 238 Å². The number of halogens is 4. The fourth-order valence-corrected chi connectivity index (χ4v) is 10.7. The van der Waals surface area contributed by atoms with E-state index in [0.29, 0.717) is 42.1 Å². The fraction of sp³-hybridized carbons (Fsp3) is 0.309. The number of aliphatic carboxylic acids is 2. The molecule has 0 unspecified atom stereocenters. The molecule has 0 saturated heterocycles. The van der Waals surface area contributed by atoms with E-state index in [2.05, 4.69) is 21.3 Å². The maximum absolute atomic E-state index is 13.8. The van der Waals surface area contributed by atoms with Gasteiger partial charge in [-0.1, -0.05) is 119 Å². The molecule has 3 aliphatic rings. The first-order valence-corrected chi connectivity index (χ1v) is 26.2. The van der Waals surface area contributed by atoms with Gasteiger partial charge in [-0.3, -0.25) is 19.2 Å². The van der Waals surface area contributed by atoms with Gasteiger partial charge in [0.05, 0.1) is 44.3 Å². The number of nitrogens with zero attached hydrogens (tertiary/aromatic N) is 4. The lowest BCUT2D eigenvalue weighted by Crippen LogP contribution is -2.50. The summed E-state index contributed by atoms with van der Waals surface area (Å²) in [6.45, 7) is 1.12.